The largest absolute Gasteiger partial charge is 0.328 e. The summed E-state index contributed by atoms with van der Waals surface area (Å²) in [6.07, 6.45) is 0.713. The van der Waals surface area contributed by atoms with Gasteiger partial charge in [-0.25, -0.2) is 0 Å². The SMILES string of the molecule is CCNCc1ccc(C)cc1NC=O. The molecular formula is C11H16N2O. The molecule has 0 spiro atoms. The Labute approximate surface area is 84.5 Å². The van der Waals surface area contributed by atoms with E-state index in [4.69, 9.17) is 0 Å². The van der Waals surface area contributed by atoms with Crippen molar-refractivity contribution in [2.24, 2.45) is 0 Å². The number of anilines is 1. The van der Waals surface area contributed by atoms with Crippen LogP contribution < -0.4 is 10.6 Å². The maximum Gasteiger partial charge on any atom is 0.211 e. The third-order valence-electron chi connectivity index (χ3n) is 2.05. The minimum absolute atomic E-state index is 0.713. The van der Waals surface area contributed by atoms with Crippen molar-refractivity contribution in [2.75, 3.05) is 11.9 Å². The molecule has 0 radical (unpaired) electrons. The molecule has 3 nitrogen and oxygen atoms in total. The third kappa shape index (κ3) is 2.85. The first-order chi connectivity index (χ1) is 6.77. The summed E-state index contributed by atoms with van der Waals surface area (Å²) in [6, 6.07) is 6.05. The molecule has 1 aromatic carbocycles. The minimum Gasteiger partial charge on any atom is -0.328 e. The number of carbonyl (C=O) groups excluding carboxylic acids is 1. The van der Waals surface area contributed by atoms with E-state index >= 15 is 0 Å². The van der Waals surface area contributed by atoms with Crippen molar-refractivity contribution >= 4 is 12.1 Å². The minimum atomic E-state index is 0.713. The van der Waals surface area contributed by atoms with E-state index in [1.54, 1.807) is 0 Å². The average Bonchev–Trinajstić information content (AvgIpc) is 2.17. The molecule has 0 fully saturated rings. The van der Waals surface area contributed by atoms with Gasteiger partial charge in [-0.05, 0) is 30.7 Å². The lowest BCUT2D eigenvalue weighted by molar-refractivity contribution is -0.105. The monoisotopic (exact) mass is 192 g/mol. The lowest BCUT2D eigenvalue weighted by Crippen LogP contribution is -2.13. The molecule has 0 saturated heterocycles. The summed E-state index contributed by atoms with van der Waals surface area (Å²) in [5, 5.41) is 5.93. The highest BCUT2D eigenvalue weighted by Crippen LogP contribution is 2.16. The van der Waals surface area contributed by atoms with Gasteiger partial charge in [0.2, 0.25) is 6.41 Å². The predicted octanol–water partition coefficient (Wildman–Crippen LogP) is 1.67. The Bertz CT molecular complexity index is 310. The molecule has 76 valence electrons. The van der Waals surface area contributed by atoms with Crippen molar-refractivity contribution in [1.82, 2.24) is 5.32 Å². The second kappa shape index (κ2) is 5.40. The third-order valence-corrected chi connectivity index (χ3v) is 2.05. The molecule has 1 rings (SSSR count). The van der Waals surface area contributed by atoms with E-state index in [2.05, 4.69) is 17.6 Å². The van der Waals surface area contributed by atoms with Gasteiger partial charge < -0.3 is 10.6 Å². The molecule has 0 aliphatic heterocycles. The number of amides is 1. The average molecular weight is 192 g/mol. The van der Waals surface area contributed by atoms with Crippen molar-refractivity contribution in [3.63, 3.8) is 0 Å². The van der Waals surface area contributed by atoms with Crippen LogP contribution in [-0.2, 0) is 11.3 Å². The summed E-state index contributed by atoms with van der Waals surface area (Å²) in [5.74, 6) is 0. The van der Waals surface area contributed by atoms with Gasteiger partial charge in [0.1, 0.15) is 0 Å². The van der Waals surface area contributed by atoms with E-state index in [1.807, 2.05) is 25.1 Å². The molecule has 0 unspecified atom stereocenters. The van der Waals surface area contributed by atoms with Crippen LogP contribution in [0.15, 0.2) is 18.2 Å². The maximum absolute atomic E-state index is 10.4. The molecule has 0 bridgehead atoms. The van der Waals surface area contributed by atoms with Crippen LogP contribution in [0.1, 0.15) is 18.1 Å². The van der Waals surface area contributed by atoms with Crippen LogP contribution in [0.25, 0.3) is 0 Å². The second-order valence-electron chi connectivity index (χ2n) is 3.20. The van der Waals surface area contributed by atoms with Crippen molar-refractivity contribution < 1.29 is 4.79 Å². The summed E-state index contributed by atoms with van der Waals surface area (Å²) in [5.41, 5.74) is 3.15. The smallest absolute Gasteiger partial charge is 0.211 e. The molecule has 2 N–H and O–H groups in total. The zero-order valence-electron chi connectivity index (χ0n) is 8.63. The standard InChI is InChI=1S/C11H16N2O/c1-3-12-7-10-5-4-9(2)6-11(10)13-8-14/h4-6,8,12H,3,7H2,1-2H3,(H,13,14). The fourth-order valence-electron chi connectivity index (χ4n) is 1.30. The Hall–Kier alpha value is -1.35. The van der Waals surface area contributed by atoms with E-state index in [1.165, 1.54) is 0 Å². The van der Waals surface area contributed by atoms with Crippen LogP contribution in [0.3, 0.4) is 0 Å². The van der Waals surface area contributed by atoms with Gasteiger partial charge in [-0.1, -0.05) is 19.1 Å². The Morgan fingerprint density at radius 1 is 1.43 bits per heavy atom. The van der Waals surface area contributed by atoms with Crippen molar-refractivity contribution in [1.29, 1.82) is 0 Å². The maximum atomic E-state index is 10.4. The lowest BCUT2D eigenvalue weighted by Gasteiger charge is -2.09. The molecular weight excluding hydrogens is 176 g/mol. The van der Waals surface area contributed by atoms with Gasteiger partial charge in [-0.3, -0.25) is 4.79 Å². The van der Waals surface area contributed by atoms with E-state index in [0.717, 1.165) is 29.9 Å². The summed E-state index contributed by atoms with van der Waals surface area (Å²) in [6.45, 7) is 5.77. The quantitative estimate of drug-likeness (QED) is 0.697. The Morgan fingerprint density at radius 2 is 2.21 bits per heavy atom. The molecule has 1 amide bonds. The highest BCUT2D eigenvalue weighted by atomic mass is 16.1. The van der Waals surface area contributed by atoms with Gasteiger partial charge in [0.15, 0.2) is 0 Å². The molecule has 0 saturated carbocycles. The number of nitrogens with one attached hydrogen (secondary N) is 2. The normalized spacial score (nSPS) is 9.86. The molecule has 0 aromatic heterocycles. The first-order valence-corrected chi connectivity index (χ1v) is 4.78. The van der Waals surface area contributed by atoms with Gasteiger partial charge >= 0.3 is 0 Å². The van der Waals surface area contributed by atoms with E-state index in [0.29, 0.717) is 6.41 Å². The highest BCUT2D eigenvalue weighted by Gasteiger charge is 2.00. The van der Waals surface area contributed by atoms with Gasteiger partial charge in [0.25, 0.3) is 0 Å². The molecule has 0 aliphatic rings. The molecule has 1 aromatic rings. The number of hydrogen-bond donors (Lipinski definition) is 2. The summed E-state index contributed by atoms with van der Waals surface area (Å²) in [7, 11) is 0. The fraction of sp³-hybridized carbons (Fsp3) is 0.364. The van der Waals surface area contributed by atoms with E-state index in [9.17, 15) is 4.79 Å². The van der Waals surface area contributed by atoms with Crippen LogP contribution in [-0.4, -0.2) is 13.0 Å². The Morgan fingerprint density at radius 3 is 2.86 bits per heavy atom. The lowest BCUT2D eigenvalue weighted by atomic mass is 10.1. The second-order valence-corrected chi connectivity index (χ2v) is 3.20. The Kier molecular flexibility index (Phi) is 4.13. The topological polar surface area (TPSA) is 41.1 Å². The van der Waals surface area contributed by atoms with Crippen LogP contribution in [0.5, 0.6) is 0 Å². The molecule has 3 heteroatoms. The molecule has 0 aliphatic carbocycles. The summed E-state index contributed by atoms with van der Waals surface area (Å²) >= 11 is 0. The highest BCUT2D eigenvalue weighted by molar-refractivity contribution is 5.73. The number of rotatable bonds is 5. The van der Waals surface area contributed by atoms with Gasteiger partial charge in [0, 0.05) is 12.2 Å². The van der Waals surface area contributed by atoms with Crippen LogP contribution in [0, 0.1) is 6.92 Å². The first-order valence-electron chi connectivity index (χ1n) is 4.78. The number of hydrogen-bond acceptors (Lipinski definition) is 2. The van der Waals surface area contributed by atoms with Gasteiger partial charge in [0.05, 0.1) is 0 Å². The van der Waals surface area contributed by atoms with Crippen LogP contribution in [0.4, 0.5) is 5.69 Å². The number of benzene rings is 1. The fourth-order valence-corrected chi connectivity index (χ4v) is 1.30. The van der Waals surface area contributed by atoms with E-state index in [-0.39, 0.29) is 0 Å². The van der Waals surface area contributed by atoms with Crippen molar-refractivity contribution in [3.8, 4) is 0 Å². The summed E-state index contributed by atoms with van der Waals surface area (Å²) < 4.78 is 0. The number of carbonyl (C=O) groups is 1. The van der Waals surface area contributed by atoms with Crippen molar-refractivity contribution in [3.05, 3.63) is 29.3 Å². The van der Waals surface area contributed by atoms with E-state index < -0.39 is 0 Å². The van der Waals surface area contributed by atoms with Gasteiger partial charge in [-0.2, -0.15) is 0 Å². The number of aryl methyl sites for hydroxylation is 1. The predicted molar refractivity (Wildman–Crippen MR) is 58.2 cm³/mol. The summed E-state index contributed by atoms with van der Waals surface area (Å²) in [4.78, 5) is 10.4. The molecule has 0 heterocycles. The zero-order valence-corrected chi connectivity index (χ0v) is 8.63. The molecule has 14 heavy (non-hydrogen) atoms. The van der Waals surface area contributed by atoms with Crippen LogP contribution >= 0.6 is 0 Å². The van der Waals surface area contributed by atoms with Crippen molar-refractivity contribution in [2.45, 2.75) is 20.4 Å². The first kappa shape index (κ1) is 10.7. The molecule has 0 atom stereocenters. The Balaban J connectivity index is 2.83. The van der Waals surface area contributed by atoms with Crippen LogP contribution in [0.2, 0.25) is 0 Å². The zero-order chi connectivity index (χ0) is 10.4. The van der Waals surface area contributed by atoms with Gasteiger partial charge in [-0.15, -0.1) is 0 Å².